The number of hydrogen-bond donors (Lipinski definition) is 2. The molecule has 0 radical (unpaired) electrons. The first-order valence-corrected chi connectivity index (χ1v) is 7.20. The predicted octanol–water partition coefficient (Wildman–Crippen LogP) is 2.38. The van der Waals surface area contributed by atoms with Gasteiger partial charge in [-0.1, -0.05) is 22.9 Å². The molecule has 1 aromatic rings. The third kappa shape index (κ3) is 5.20. The van der Waals surface area contributed by atoms with Crippen LogP contribution < -0.4 is 15.4 Å². The number of hydrogen-bond acceptors (Lipinski definition) is 3. The third-order valence-corrected chi connectivity index (χ3v) is 3.06. The Morgan fingerprint density at radius 2 is 2.16 bits per heavy atom. The maximum atomic E-state index is 11.6. The monoisotopic (exact) mass is 328 g/mol. The van der Waals surface area contributed by atoms with E-state index >= 15 is 0 Å². The zero-order valence-corrected chi connectivity index (χ0v) is 13.3. The lowest BCUT2D eigenvalue weighted by Crippen LogP contribution is -2.29. The highest BCUT2D eigenvalue weighted by molar-refractivity contribution is 9.10. The molecule has 5 heteroatoms. The molecule has 0 aliphatic carbocycles. The number of rotatable bonds is 7. The summed E-state index contributed by atoms with van der Waals surface area (Å²) < 4.78 is 6.67. The Balaban J connectivity index is 2.73. The van der Waals surface area contributed by atoms with Gasteiger partial charge < -0.3 is 15.4 Å². The lowest BCUT2D eigenvalue weighted by molar-refractivity contribution is -0.123. The molecule has 0 aromatic heterocycles. The van der Waals surface area contributed by atoms with E-state index in [1.807, 2.05) is 33.0 Å². The Hall–Kier alpha value is -1.07. The molecule has 0 fully saturated rings. The summed E-state index contributed by atoms with van der Waals surface area (Å²) in [5.41, 5.74) is 2.06. The number of aryl methyl sites for hydroxylation is 1. The second-order valence-electron chi connectivity index (χ2n) is 4.38. The fraction of sp³-hybridized carbons (Fsp3) is 0.500. The summed E-state index contributed by atoms with van der Waals surface area (Å²) in [7, 11) is 1.88. The summed E-state index contributed by atoms with van der Waals surface area (Å²) in [5, 5.41) is 5.90. The molecule has 0 atom stereocenters. The molecule has 0 aliphatic rings. The molecule has 2 N–H and O–H groups in total. The molecule has 1 aromatic carbocycles. The molecule has 0 unspecified atom stereocenters. The molecule has 19 heavy (non-hydrogen) atoms. The quantitative estimate of drug-likeness (QED) is 0.808. The van der Waals surface area contributed by atoms with E-state index in [1.54, 1.807) is 0 Å². The van der Waals surface area contributed by atoms with Gasteiger partial charge in [0.05, 0.1) is 0 Å². The molecular formula is C14H21BrN2O2. The summed E-state index contributed by atoms with van der Waals surface area (Å²) in [5.74, 6) is 0.698. The van der Waals surface area contributed by atoms with E-state index in [0.29, 0.717) is 13.1 Å². The zero-order valence-electron chi connectivity index (χ0n) is 11.7. The fourth-order valence-electron chi connectivity index (χ4n) is 1.78. The third-order valence-electron chi connectivity index (χ3n) is 2.60. The van der Waals surface area contributed by atoms with Crippen LogP contribution in [0, 0.1) is 6.92 Å². The highest BCUT2D eigenvalue weighted by Gasteiger charge is 2.10. The SMILES string of the molecule is CCCNC(=O)COc1c(C)cc(Br)cc1CNC. The zero-order chi connectivity index (χ0) is 14.3. The van der Waals surface area contributed by atoms with Gasteiger partial charge in [-0.3, -0.25) is 4.79 Å². The summed E-state index contributed by atoms with van der Waals surface area (Å²) >= 11 is 3.47. The van der Waals surface area contributed by atoms with Gasteiger partial charge in [-0.2, -0.15) is 0 Å². The number of nitrogens with one attached hydrogen (secondary N) is 2. The van der Waals surface area contributed by atoms with Crippen molar-refractivity contribution in [2.75, 3.05) is 20.2 Å². The van der Waals surface area contributed by atoms with E-state index in [9.17, 15) is 4.79 Å². The largest absolute Gasteiger partial charge is 0.483 e. The van der Waals surface area contributed by atoms with Crippen molar-refractivity contribution >= 4 is 21.8 Å². The van der Waals surface area contributed by atoms with Gasteiger partial charge in [0.2, 0.25) is 0 Å². The Bertz CT molecular complexity index is 436. The van der Waals surface area contributed by atoms with Crippen LogP contribution in [-0.4, -0.2) is 26.1 Å². The summed E-state index contributed by atoms with van der Waals surface area (Å²) in [6.07, 6.45) is 0.925. The van der Waals surface area contributed by atoms with Crippen LogP contribution in [0.2, 0.25) is 0 Å². The van der Waals surface area contributed by atoms with Crippen LogP contribution in [0.15, 0.2) is 16.6 Å². The van der Waals surface area contributed by atoms with E-state index in [4.69, 9.17) is 4.74 Å². The molecule has 1 rings (SSSR count). The van der Waals surface area contributed by atoms with Gasteiger partial charge in [0.1, 0.15) is 5.75 Å². The van der Waals surface area contributed by atoms with Gasteiger partial charge in [0.25, 0.3) is 5.91 Å². The average molecular weight is 329 g/mol. The molecule has 0 heterocycles. The number of carbonyl (C=O) groups excluding carboxylic acids is 1. The number of benzene rings is 1. The molecule has 1 amide bonds. The Labute approximate surface area is 123 Å². The van der Waals surface area contributed by atoms with Gasteiger partial charge in [-0.15, -0.1) is 0 Å². The minimum absolute atomic E-state index is 0.0547. The topological polar surface area (TPSA) is 50.4 Å². The number of halogens is 1. The Morgan fingerprint density at radius 1 is 1.42 bits per heavy atom. The molecular weight excluding hydrogens is 308 g/mol. The maximum absolute atomic E-state index is 11.6. The summed E-state index contributed by atoms with van der Waals surface area (Å²) in [4.78, 5) is 11.6. The lowest BCUT2D eigenvalue weighted by Gasteiger charge is -2.14. The number of ether oxygens (including phenoxy) is 1. The van der Waals surface area contributed by atoms with Crippen LogP contribution in [0.5, 0.6) is 5.75 Å². The predicted molar refractivity (Wildman–Crippen MR) is 80.4 cm³/mol. The molecule has 0 spiro atoms. The Kier molecular flexibility index (Phi) is 6.87. The standard InChI is InChI=1S/C14H21BrN2O2/c1-4-5-17-13(18)9-19-14-10(2)6-12(15)7-11(14)8-16-3/h6-7,16H,4-5,8-9H2,1-3H3,(H,17,18). The van der Waals surface area contributed by atoms with Gasteiger partial charge >= 0.3 is 0 Å². The number of carbonyl (C=O) groups is 1. The fourth-order valence-corrected chi connectivity index (χ4v) is 2.40. The van der Waals surface area contributed by atoms with Crippen molar-refractivity contribution in [2.24, 2.45) is 0 Å². The highest BCUT2D eigenvalue weighted by Crippen LogP contribution is 2.28. The van der Waals surface area contributed by atoms with Crippen molar-refractivity contribution in [3.63, 3.8) is 0 Å². The van der Waals surface area contributed by atoms with E-state index in [0.717, 1.165) is 27.8 Å². The first-order chi connectivity index (χ1) is 9.08. The van der Waals surface area contributed by atoms with Crippen molar-refractivity contribution in [1.29, 1.82) is 0 Å². The van der Waals surface area contributed by atoms with Crippen molar-refractivity contribution in [3.8, 4) is 5.75 Å². The molecule has 0 saturated carbocycles. The first-order valence-electron chi connectivity index (χ1n) is 6.41. The molecule has 4 nitrogen and oxygen atoms in total. The van der Waals surface area contributed by atoms with Gasteiger partial charge in [0, 0.05) is 23.1 Å². The van der Waals surface area contributed by atoms with Gasteiger partial charge in [0.15, 0.2) is 6.61 Å². The minimum Gasteiger partial charge on any atom is -0.483 e. The van der Waals surface area contributed by atoms with E-state index in [1.165, 1.54) is 0 Å². The van der Waals surface area contributed by atoms with Crippen LogP contribution >= 0.6 is 15.9 Å². The van der Waals surface area contributed by atoms with E-state index < -0.39 is 0 Å². The van der Waals surface area contributed by atoms with Crippen LogP contribution in [0.3, 0.4) is 0 Å². The van der Waals surface area contributed by atoms with Crippen molar-refractivity contribution < 1.29 is 9.53 Å². The van der Waals surface area contributed by atoms with Crippen LogP contribution in [0.25, 0.3) is 0 Å². The lowest BCUT2D eigenvalue weighted by atomic mass is 10.1. The van der Waals surface area contributed by atoms with E-state index in [2.05, 4.69) is 26.6 Å². The van der Waals surface area contributed by atoms with Crippen molar-refractivity contribution in [2.45, 2.75) is 26.8 Å². The van der Waals surface area contributed by atoms with E-state index in [-0.39, 0.29) is 12.5 Å². The van der Waals surface area contributed by atoms with Crippen LogP contribution in [0.4, 0.5) is 0 Å². The highest BCUT2D eigenvalue weighted by atomic mass is 79.9. The normalized spacial score (nSPS) is 10.3. The summed E-state index contributed by atoms with van der Waals surface area (Å²) in [6.45, 7) is 5.44. The minimum atomic E-state index is -0.0837. The molecule has 0 aliphatic heterocycles. The number of amides is 1. The summed E-state index contributed by atoms with van der Waals surface area (Å²) in [6, 6.07) is 3.99. The first kappa shape index (κ1) is 16.0. The van der Waals surface area contributed by atoms with Crippen LogP contribution in [-0.2, 0) is 11.3 Å². The Morgan fingerprint density at radius 3 is 2.79 bits per heavy atom. The smallest absolute Gasteiger partial charge is 0.257 e. The van der Waals surface area contributed by atoms with Crippen molar-refractivity contribution in [1.82, 2.24) is 10.6 Å². The molecule has 0 bridgehead atoms. The molecule has 0 saturated heterocycles. The van der Waals surface area contributed by atoms with Crippen LogP contribution in [0.1, 0.15) is 24.5 Å². The maximum Gasteiger partial charge on any atom is 0.257 e. The second kappa shape index (κ2) is 8.17. The van der Waals surface area contributed by atoms with Gasteiger partial charge in [-0.05, 0) is 38.1 Å². The average Bonchev–Trinajstić information content (AvgIpc) is 2.35. The van der Waals surface area contributed by atoms with Gasteiger partial charge in [-0.25, -0.2) is 0 Å². The second-order valence-corrected chi connectivity index (χ2v) is 5.30. The van der Waals surface area contributed by atoms with Crippen molar-refractivity contribution in [3.05, 3.63) is 27.7 Å². The molecule has 106 valence electrons.